The topological polar surface area (TPSA) is 85.5 Å². The minimum Gasteiger partial charge on any atom is -0.496 e. The van der Waals surface area contributed by atoms with Gasteiger partial charge < -0.3 is 9.64 Å². The van der Waals surface area contributed by atoms with Crippen LogP contribution in [0.1, 0.15) is 29.8 Å². The number of anilines is 2. The van der Waals surface area contributed by atoms with Crippen molar-refractivity contribution < 1.29 is 13.9 Å². The molecule has 0 amide bonds. The number of aromatic nitrogens is 4. The summed E-state index contributed by atoms with van der Waals surface area (Å²) in [6.07, 6.45) is 5.29. The highest BCUT2D eigenvalue weighted by Gasteiger charge is 2.30. The Balaban J connectivity index is 1.71. The number of methoxy groups -OCH3 is 1. The SMILES string of the molecule is COc1cc(C=O)c(F)c2c1CN(C(C)C)CCN2c1ccc2ncn(-c3cnn(C)c3)c(=O)c2c1. The van der Waals surface area contributed by atoms with Gasteiger partial charge in [-0.25, -0.2) is 9.37 Å². The molecule has 1 aliphatic heterocycles. The first-order valence-corrected chi connectivity index (χ1v) is 11.7. The first-order valence-electron chi connectivity index (χ1n) is 11.7. The van der Waals surface area contributed by atoms with Crippen molar-refractivity contribution in [3.63, 3.8) is 0 Å². The van der Waals surface area contributed by atoms with Gasteiger partial charge in [0, 0.05) is 50.2 Å². The predicted octanol–water partition coefficient (Wildman–Crippen LogP) is 3.44. The van der Waals surface area contributed by atoms with Crippen LogP contribution in [0.25, 0.3) is 16.6 Å². The molecule has 0 saturated carbocycles. The smallest absolute Gasteiger partial charge is 0.265 e. The van der Waals surface area contributed by atoms with Crippen molar-refractivity contribution in [1.82, 2.24) is 24.2 Å². The molecule has 2 aromatic heterocycles. The van der Waals surface area contributed by atoms with Crippen molar-refractivity contribution >= 4 is 28.6 Å². The minimum atomic E-state index is -0.606. The standard InChI is InChI=1S/C26H27FN6O3/c1-16(2)31-7-8-32(25-21(13-31)23(36-4)9-17(14-34)24(25)27)18-5-6-22-20(10-18)26(35)33(15-28-22)19-11-29-30(3)12-19/h5-6,9-12,14-16H,7-8,13H2,1-4H3. The molecule has 2 aromatic carbocycles. The number of aryl methyl sites for hydroxylation is 1. The zero-order valence-corrected chi connectivity index (χ0v) is 20.6. The quantitative estimate of drug-likeness (QED) is 0.396. The van der Waals surface area contributed by atoms with E-state index in [4.69, 9.17) is 4.74 Å². The van der Waals surface area contributed by atoms with Crippen LogP contribution in [0.2, 0.25) is 0 Å². The summed E-state index contributed by atoms with van der Waals surface area (Å²) in [6.45, 7) is 5.74. The van der Waals surface area contributed by atoms with Gasteiger partial charge in [-0.15, -0.1) is 0 Å². The molecule has 9 nitrogen and oxygen atoms in total. The highest BCUT2D eigenvalue weighted by molar-refractivity contribution is 5.86. The first kappa shape index (κ1) is 23.7. The number of ether oxygens (including phenoxy) is 1. The van der Waals surface area contributed by atoms with Crippen LogP contribution in [-0.4, -0.2) is 56.8 Å². The number of rotatable bonds is 5. The van der Waals surface area contributed by atoms with Crippen molar-refractivity contribution in [3.05, 3.63) is 70.3 Å². The molecule has 186 valence electrons. The zero-order chi connectivity index (χ0) is 25.6. The lowest BCUT2D eigenvalue weighted by Gasteiger charge is -2.27. The highest BCUT2D eigenvalue weighted by atomic mass is 19.1. The van der Waals surface area contributed by atoms with Gasteiger partial charge >= 0.3 is 0 Å². The van der Waals surface area contributed by atoms with E-state index in [2.05, 4.69) is 28.8 Å². The van der Waals surface area contributed by atoms with Gasteiger partial charge in [0.05, 0.1) is 41.1 Å². The van der Waals surface area contributed by atoms with Gasteiger partial charge in [0.15, 0.2) is 12.1 Å². The van der Waals surface area contributed by atoms with Gasteiger partial charge in [-0.3, -0.25) is 23.7 Å². The van der Waals surface area contributed by atoms with Crippen LogP contribution in [0.5, 0.6) is 5.75 Å². The maximum atomic E-state index is 15.8. The van der Waals surface area contributed by atoms with Crippen molar-refractivity contribution in [2.24, 2.45) is 7.05 Å². The molecule has 0 N–H and O–H groups in total. The average Bonchev–Trinajstić information content (AvgIpc) is 3.19. The number of hydrogen-bond acceptors (Lipinski definition) is 7. The largest absolute Gasteiger partial charge is 0.496 e. The fourth-order valence-electron chi connectivity index (χ4n) is 4.70. The van der Waals surface area contributed by atoms with Crippen molar-refractivity contribution in [2.45, 2.75) is 26.4 Å². The second-order valence-corrected chi connectivity index (χ2v) is 9.14. The molecular weight excluding hydrogens is 463 g/mol. The van der Waals surface area contributed by atoms with Crippen LogP contribution < -0.4 is 15.2 Å². The molecular formula is C26H27FN6O3. The van der Waals surface area contributed by atoms with Gasteiger partial charge in [-0.1, -0.05) is 0 Å². The Morgan fingerprint density at radius 2 is 1.97 bits per heavy atom. The van der Waals surface area contributed by atoms with Crippen LogP contribution >= 0.6 is 0 Å². The fourth-order valence-corrected chi connectivity index (χ4v) is 4.70. The van der Waals surface area contributed by atoms with Crippen LogP contribution in [0.4, 0.5) is 15.8 Å². The molecule has 5 rings (SSSR count). The number of carbonyl (C=O) groups is 1. The molecule has 0 bridgehead atoms. The molecule has 0 unspecified atom stereocenters. The lowest BCUT2D eigenvalue weighted by molar-refractivity contribution is 0.111. The maximum Gasteiger partial charge on any atom is 0.265 e. The molecule has 3 heterocycles. The Morgan fingerprint density at radius 3 is 2.64 bits per heavy atom. The van der Waals surface area contributed by atoms with Crippen molar-refractivity contribution in [1.29, 1.82) is 0 Å². The normalized spacial score (nSPS) is 14.2. The Labute approximate surface area is 207 Å². The fraction of sp³-hybridized carbons (Fsp3) is 0.308. The monoisotopic (exact) mass is 490 g/mol. The number of hydrogen-bond donors (Lipinski definition) is 0. The van der Waals surface area contributed by atoms with Gasteiger partial charge in [0.25, 0.3) is 5.56 Å². The summed E-state index contributed by atoms with van der Waals surface area (Å²) in [5, 5.41) is 4.53. The van der Waals surface area contributed by atoms with E-state index in [1.165, 1.54) is 24.1 Å². The second kappa shape index (κ2) is 9.19. The zero-order valence-electron chi connectivity index (χ0n) is 20.6. The lowest BCUT2D eigenvalue weighted by Crippen LogP contribution is -2.34. The summed E-state index contributed by atoms with van der Waals surface area (Å²) in [5.41, 5.74) is 2.37. The van der Waals surface area contributed by atoms with Crippen LogP contribution in [-0.2, 0) is 13.6 Å². The molecule has 4 aromatic rings. The van der Waals surface area contributed by atoms with E-state index >= 15 is 4.39 Å². The Hall–Kier alpha value is -4.05. The predicted molar refractivity (Wildman–Crippen MR) is 135 cm³/mol. The van der Waals surface area contributed by atoms with Gasteiger partial charge in [0.2, 0.25) is 0 Å². The number of fused-ring (bicyclic) bond motifs is 2. The number of aldehydes is 1. The van der Waals surface area contributed by atoms with E-state index in [0.29, 0.717) is 59.5 Å². The van der Waals surface area contributed by atoms with E-state index in [9.17, 15) is 9.59 Å². The molecule has 0 atom stereocenters. The summed E-state index contributed by atoms with van der Waals surface area (Å²) in [5.74, 6) is -0.155. The van der Waals surface area contributed by atoms with E-state index in [1.54, 1.807) is 36.3 Å². The molecule has 0 radical (unpaired) electrons. The number of benzene rings is 2. The third kappa shape index (κ3) is 3.93. The van der Waals surface area contributed by atoms with E-state index in [1.807, 2.05) is 11.0 Å². The summed E-state index contributed by atoms with van der Waals surface area (Å²) >= 11 is 0. The molecule has 10 heteroatoms. The van der Waals surface area contributed by atoms with E-state index < -0.39 is 5.82 Å². The van der Waals surface area contributed by atoms with Crippen LogP contribution in [0, 0.1) is 5.82 Å². The minimum absolute atomic E-state index is 0.0741. The van der Waals surface area contributed by atoms with Crippen LogP contribution in [0.15, 0.2) is 47.8 Å². The Morgan fingerprint density at radius 1 is 1.17 bits per heavy atom. The van der Waals surface area contributed by atoms with Gasteiger partial charge in [-0.05, 0) is 38.1 Å². The van der Waals surface area contributed by atoms with Crippen molar-refractivity contribution in [3.8, 4) is 11.4 Å². The summed E-state index contributed by atoms with van der Waals surface area (Å²) in [7, 11) is 3.29. The first-order chi connectivity index (χ1) is 17.3. The third-order valence-corrected chi connectivity index (χ3v) is 6.67. The molecule has 0 aliphatic carbocycles. The summed E-state index contributed by atoms with van der Waals surface area (Å²) in [4.78, 5) is 33.6. The number of carbonyl (C=O) groups excluding carboxylic acids is 1. The van der Waals surface area contributed by atoms with E-state index in [0.717, 1.165) is 0 Å². The Kier molecular flexibility index (Phi) is 6.05. The average molecular weight is 491 g/mol. The third-order valence-electron chi connectivity index (χ3n) is 6.67. The molecule has 0 spiro atoms. The molecule has 0 saturated heterocycles. The second-order valence-electron chi connectivity index (χ2n) is 9.14. The van der Waals surface area contributed by atoms with Gasteiger partial charge in [-0.2, -0.15) is 5.10 Å². The molecule has 36 heavy (non-hydrogen) atoms. The van der Waals surface area contributed by atoms with Crippen LogP contribution in [0.3, 0.4) is 0 Å². The Bertz CT molecular complexity index is 1530. The molecule has 1 aliphatic rings. The lowest BCUT2D eigenvalue weighted by atomic mass is 10.0. The number of halogens is 1. The van der Waals surface area contributed by atoms with Gasteiger partial charge in [0.1, 0.15) is 12.1 Å². The maximum absolute atomic E-state index is 15.8. The number of nitrogens with zero attached hydrogens (tertiary/aromatic N) is 6. The highest BCUT2D eigenvalue weighted by Crippen LogP contribution is 2.41. The summed E-state index contributed by atoms with van der Waals surface area (Å²) < 4.78 is 24.4. The summed E-state index contributed by atoms with van der Waals surface area (Å²) in [6, 6.07) is 6.95. The van der Waals surface area contributed by atoms with Crippen molar-refractivity contribution in [2.75, 3.05) is 25.1 Å². The molecule has 0 fully saturated rings. The van der Waals surface area contributed by atoms with E-state index in [-0.39, 0.29) is 22.9 Å².